The zero-order chi connectivity index (χ0) is 17.4. The van der Waals surface area contributed by atoms with Gasteiger partial charge in [0.15, 0.2) is 0 Å². The minimum atomic E-state index is 0.0363. The second-order valence-corrected chi connectivity index (χ2v) is 7.24. The minimum Gasteiger partial charge on any atom is -0.379 e. The largest absolute Gasteiger partial charge is 0.379 e. The molecular weight excluding hydrogens is 314 g/mol. The number of carbonyl (C=O) groups excluding carboxylic acids is 1. The molecule has 5 nitrogen and oxygen atoms in total. The molecule has 4 rings (SSSR count). The standard InChI is InChI=1S/C20H25N3O2/c1-13-5-6-17-16(4-3-7-21-17)20(13)18-10-15(11-19(24)22-18)23-8-9-25-12-14(23)2/h3-7,14-15,18H,8-12H2,1-2H3,(H,22,24)/t14-,15?,18?/m1/s1. The molecule has 1 N–H and O–H groups in total. The van der Waals surface area contributed by atoms with Crippen molar-refractivity contribution in [3.8, 4) is 0 Å². The third kappa shape index (κ3) is 3.14. The molecule has 1 aromatic heterocycles. The van der Waals surface area contributed by atoms with Gasteiger partial charge in [-0.2, -0.15) is 0 Å². The fourth-order valence-electron chi connectivity index (χ4n) is 4.35. The monoisotopic (exact) mass is 339 g/mol. The van der Waals surface area contributed by atoms with Gasteiger partial charge in [-0.25, -0.2) is 0 Å². The second kappa shape index (κ2) is 6.73. The average molecular weight is 339 g/mol. The fourth-order valence-corrected chi connectivity index (χ4v) is 4.35. The van der Waals surface area contributed by atoms with Crippen LogP contribution in [0.25, 0.3) is 10.9 Å². The van der Waals surface area contributed by atoms with Gasteiger partial charge in [-0.15, -0.1) is 0 Å². The van der Waals surface area contributed by atoms with Crippen molar-refractivity contribution in [3.63, 3.8) is 0 Å². The van der Waals surface area contributed by atoms with Crippen molar-refractivity contribution in [1.29, 1.82) is 0 Å². The molecule has 2 fully saturated rings. The number of carbonyl (C=O) groups is 1. The lowest BCUT2D eigenvalue weighted by Crippen LogP contribution is -2.54. The Bertz CT molecular complexity index is 792. The van der Waals surface area contributed by atoms with Crippen LogP contribution in [0.1, 0.15) is 36.9 Å². The molecular formula is C20H25N3O2. The number of rotatable bonds is 2. The van der Waals surface area contributed by atoms with Crippen molar-refractivity contribution in [1.82, 2.24) is 15.2 Å². The molecule has 132 valence electrons. The van der Waals surface area contributed by atoms with Crippen molar-refractivity contribution >= 4 is 16.8 Å². The Hall–Kier alpha value is -1.98. The molecule has 1 aromatic carbocycles. The number of benzene rings is 1. The third-order valence-corrected chi connectivity index (χ3v) is 5.55. The molecule has 2 saturated heterocycles. The molecule has 0 spiro atoms. The molecule has 0 saturated carbocycles. The molecule has 2 aliphatic rings. The number of hydrogen-bond acceptors (Lipinski definition) is 4. The summed E-state index contributed by atoms with van der Waals surface area (Å²) in [5.74, 6) is 0.139. The van der Waals surface area contributed by atoms with Gasteiger partial charge in [0.25, 0.3) is 0 Å². The molecule has 2 aromatic rings. The molecule has 0 aliphatic carbocycles. The number of aromatic nitrogens is 1. The molecule has 3 atom stereocenters. The van der Waals surface area contributed by atoms with E-state index in [0.717, 1.165) is 37.1 Å². The summed E-state index contributed by atoms with van der Waals surface area (Å²) in [6.07, 6.45) is 3.33. The smallest absolute Gasteiger partial charge is 0.222 e. The Labute approximate surface area is 148 Å². The SMILES string of the molecule is Cc1ccc2ncccc2c1C1CC(N2CCOC[C@H]2C)CC(=O)N1. The van der Waals surface area contributed by atoms with Gasteiger partial charge in [-0.3, -0.25) is 14.7 Å². The van der Waals surface area contributed by atoms with Crippen LogP contribution < -0.4 is 5.32 Å². The normalized spacial score (nSPS) is 28.1. The number of piperidine rings is 1. The molecule has 2 unspecified atom stereocenters. The Balaban J connectivity index is 1.68. The number of fused-ring (bicyclic) bond motifs is 1. The van der Waals surface area contributed by atoms with E-state index < -0.39 is 0 Å². The summed E-state index contributed by atoms with van der Waals surface area (Å²) in [7, 11) is 0. The highest BCUT2D eigenvalue weighted by Crippen LogP contribution is 2.34. The summed E-state index contributed by atoms with van der Waals surface area (Å²) < 4.78 is 5.57. The lowest BCUT2D eigenvalue weighted by molar-refractivity contribution is -0.127. The first-order valence-corrected chi connectivity index (χ1v) is 9.10. The van der Waals surface area contributed by atoms with Gasteiger partial charge >= 0.3 is 0 Å². The van der Waals surface area contributed by atoms with Gasteiger partial charge < -0.3 is 10.1 Å². The van der Waals surface area contributed by atoms with E-state index in [4.69, 9.17) is 4.74 Å². The van der Waals surface area contributed by atoms with Crippen LogP contribution in [0.3, 0.4) is 0 Å². The Morgan fingerprint density at radius 1 is 1.32 bits per heavy atom. The number of aryl methyl sites for hydroxylation is 1. The van der Waals surface area contributed by atoms with Crippen molar-refractivity contribution in [2.75, 3.05) is 19.8 Å². The summed E-state index contributed by atoms with van der Waals surface area (Å²) in [6, 6.07) is 8.91. The van der Waals surface area contributed by atoms with E-state index in [1.54, 1.807) is 0 Å². The Kier molecular flexibility index (Phi) is 4.44. The topological polar surface area (TPSA) is 54.5 Å². The molecule has 0 radical (unpaired) electrons. The minimum absolute atomic E-state index is 0.0363. The number of hydrogen-bond donors (Lipinski definition) is 1. The van der Waals surface area contributed by atoms with Gasteiger partial charge in [0.05, 0.1) is 24.8 Å². The van der Waals surface area contributed by atoms with Crippen molar-refractivity contribution in [3.05, 3.63) is 41.6 Å². The number of ether oxygens (including phenoxy) is 1. The quantitative estimate of drug-likeness (QED) is 0.914. The number of amides is 1. The zero-order valence-electron chi connectivity index (χ0n) is 14.9. The lowest BCUT2D eigenvalue weighted by atomic mass is 9.87. The van der Waals surface area contributed by atoms with Gasteiger partial charge in [0, 0.05) is 36.6 Å². The van der Waals surface area contributed by atoms with E-state index in [9.17, 15) is 4.79 Å². The predicted molar refractivity (Wildman–Crippen MR) is 97.4 cm³/mol. The molecule has 0 bridgehead atoms. The van der Waals surface area contributed by atoms with Gasteiger partial charge in [-0.1, -0.05) is 12.1 Å². The highest BCUT2D eigenvalue weighted by Gasteiger charge is 2.35. The van der Waals surface area contributed by atoms with E-state index >= 15 is 0 Å². The molecule has 3 heterocycles. The fraction of sp³-hybridized carbons (Fsp3) is 0.500. The van der Waals surface area contributed by atoms with E-state index in [1.165, 1.54) is 11.1 Å². The highest BCUT2D eigenvalue weighted by molar-refractivity contribution is 5.85. The summed E-state index contributed by atoms with van der Waals surface area (Å²) in [5.41, 5.74) is 3.41. The first-order valence-electron chi connectivity index (χ1n) is 9.10. The van der Waals surface area contributed by atoms with Crippen LogP contribution in [-0.4, -0.2) is 47.6 Å². The lowest BCUT2D eigenvalue weighted by Gasteiger charge is -2.43. The maximum absolute atomic E-state index is 12.5. The van der Waals surface area contributed by atoms with Gasteiger partial charge in [0.2, 0.25) is 5.91 Å². The Morgan fingerprint density at radius 2 is 2.20 bits per heavy atom. The van der Waals surface area contributed by atoms with Crippen LogP contribution in [0, 0.1) is 6.92 Å². The van der Waals surface area contributed by atoms with Gasteiger partial charge in [-0.05, 0) is 43.5 Å². The van der Waals surface area contributed by atoms with Crippen molar-refractivity contribution < 1.29 is 9.53 Å². The first kappa shape index (κ1) is 16.5. The number of pyridine rings is 1. The molecule has 1 amide bonds. The summed E-state index contributed by atoms with van der Waals surface area (Å²) in [6.45, 7) is 6.72. The Morgan fingerprint density at radius 3 is 3.04 bits per heavy atom. The molecule has 25 heavy (non-hydrogen) atoms. The first-order chi connectivity index (χ1) is 12.1. The zero-order valence-corrected chi connectivity index (χ0v) is 14.9. The summed E-state index contributed by atoms with van der Waals surface area (Å²) >= 11 is 0. The van der Waals surface area contributed by atoms with E-state index in [2.05, 4.69) is 47.2 Å². The maximum Gasteiger partial charge on any atom is 0.222 e. The predicted octanol–water partition coefficient (Wildman–Crippen LogP) is 2.58. The van der Waals surface area contributed by atoms with E-state index in [1.807, 2.05) is 12.3 Å². The highest BCUT2D eigenvalue weighted by atomic mass is 16.5. The average Bonchev–Trinajstić information content (AvgIpc) is 2.61. The van der Waals surface area contributed by atoms with Crippen LogP contribution in [0.2, 0.25) is 0 Å². The number of morpholine rings is 1. The maximum atomic E-state index is 12.5. The van der Waals surface area contributed by atoms with Crippen LogP contribution in [0.5, 0.6) is 0 Å². The van der Waals surface area contributed by atoms with E-state index in [0.29, 0.717) is 12.5 Å². The van der Waals surface area contributed by atoms with E-state index in [-0.39, 0.29) is 18.0 Å². The number of nitrogens with zero attached hydrogens (tertiary/aromatic N) is 2. The number of nitrogens with one attached hydrogen (secondary N) is 1. The molecule has 5 heteroatoms. The summed E-state index contributed by atoms with van der Waals surface area (Å²) in [5, 5.41) is 4.37. The van der Waals surface area contributed by atoms with Crippen LogP contribution in [-0.2, 0) is 9.53 Å². The third-order valence-electron chi connectivity index (χ3n) is 5.55. The van der Waals surface area contributed by atoms with Crippen molar-refractivity contribution in [2.24, 2.45) is 0 Å². The second-order valence-electron chi connectivity index (χ2n) is 7.24. The summed E-state index contributed by atoms with van der Waals surface area (Å²) in [4.78, 5) is 19.4. The van der Waals surface area contributed by atoms with Gasteiger partial charge in [0.1, 0.15) is 0 Å². The van der Waals surface area contributed by atoms with Crippen molar-refractivity contribution in [2.45, 2.75) is 44.8 Å². The van der Waals surface area contributed by atoms with Crippen LogP contribution in [0.15, 0.2) is 30.5 Å². The van der Waals surface area contributed by atoms with Crippen LogP contribution >= 0.6 is 0 Å². The molecule has 2 aliphatic heterocycles. The van der Waals surface area contributed by atoms with Crippen LogP contribution in [0.4, 0.5) is 0 Å².